The van der Waals surface area contributed by atoms with Gasteiger partial charge in [0.15, 0.2) is 0 Å². The number of hydrogen-bond donors (Lipinski definition) is 0. The summed E-state index contributed by atoms with van der Waals surface area (Å²) in [5, 5.41) is 1.37. The van der Waals surface area contributed by atoms with Crippen LogP contribution in [-0.4, -0.2) is 44.5 Å². The van der Waals surface area contributed by atoms with E-state index in [1.54, 1.807) is 7.11 Å². The molecule has 1 aliphatic heterocycles. The Morgan fingerprint density at radius 1 is 1.29 bits per heavy atom. The zero-order valence-electron chi connectivity index (χ0n) is 12.7. The van der Waals surface area contributed by atoms with Crippen LogP contribution in [0.1, 0.15) is 18.4 Å². The molecule has 0 bridgehead atoms. The van der Waals surface area contributed by atoms with Gasteiger partial charge >= 0.3 is 0 Å². The van der Waals surface area contributed by atoms with Crippen LogP contribution in [0.25, 0.3) is 0 Å². The van der Waals surface area contributed by atoms with E-state index in [4.69, 9.17) is 14.3 Å². The molecular formula is C16H23NO4. The van der Waals surface area contributed by atoms with Crippen molar-refractivity contribution in [2.75, 3.05) is 27.4 Å². The first-order valence-corrected chi connectivity index (χ1v) is 7.26. The number of hydrogen-bond acceptors (Lipinski definition) is 4. The van der Waals surface area contributed by atoms with Gasteiger partial charge in [0.05, 0.1) is 13.7 Å². The maximum atomic E-state index is 12.6. The zero-order valence-corrected chi connectivity index (χ0v) is 12.7. The summed E-state index contributed by atoms with van der Waals surface area (Å²) in [6.07, 6.45) is 1.21. The van der Waals surface area contributed by atoms with Crippen molar-refractivity contribution < 1.29 is 19.1 Å². The van der Waals surface area contributed by atoms with Crippen LogP contribution in [0.5, 0.6) is 0 Å². The number of carbonyl (C=O) groups excluding carboxylic acids is 1. The smallest absolute Gasteiger partial charge is 0.275 e. The minimum absolute atomic E-state index is 0.129. The number of benzene rings is 1. The number of nitrogens with zero attached hydrogens (tertiary/aromatic N) is 1. The maximum Gasteiger partial charge on any atom is 0.275 e. The minimum atomic E-state index is -0.474. The van der Waals surface area contributed by atoms with Crippen LogP contribution in [0.4, 0.5) is 0 Å². The van der Waals surface area contributed by atoms with Crippen molar-refractivity contribution in [2.24, 2.45) is 5.92 Å². The molecule has 1 unspecified atom stereocenters. The molecular weight excluding hydrogens is 270 g/mol. The van der Waals surface area contributed by atoms with E-state index >= 15 is 0 Å². The van der Waals surface area contributed by atoms with Crippen LogP contribution in [-0.2, 0) is 25.7 Å². The van der Waals surface area contributed by atoms with Crippen LogP contribution in [0, 0.1) is 5.92 Å². The lowest BCUT2D eigenvalue weighted by atomic mass is 9.93. The molecule has 1 atom stereocenters. The molecule has 0 aromatic heterocycles. The molecule has 1 heterocycles. The highest BCUT2D eigenvalue weighted by Gasteiger charge is 2.33. The SMILES string of the molecule is COC(C(=O)N(Cc1ccccc1)OC)C1CCOCC1. The third-order valence-corrected chi connectivity index (χ3v) is 3.83. The van der Waals surface area contributed by atoms with Gasteiger partial charge < -0.3 is 9.47 Å². The highest BCUT2D eigenvalue weighted by Crippen LogP contribution is 2.23. The Morgan fingerprint density at radius 2 is 1.95 bits per heavy atom. The van der Waals surface area contributed by atoms with Crippen molar-refractivity contribution >= 4 is 5.91 Å². The largest absolute Gasteiger partial charge is 0.381 e. The predicted octanol–water partition coefficient (Wildman–Crippen LogP) is 2.02. The molecule has 5 heteroatoms. The van der Waals surface area contributed by atoms with Gasteiger partial charge in [0, 0.05) is 20.3 Å². The summed E-state index contributed by atoms with van der Waals surface area (Å²) in [5.41, 5.74) is 1.02. The van der Waals surface area contributed by atoms with Crippen molar-refractivity contribution in [1.29, 1.82) is 0 Å². The van der Waals surface area contributed by atoms with E-state index in [0.29, 0.717) is 19.8 Å². The molecule has 0 saturated carbocycles. The van der Waals surface area contributed by atoms with E-state index in [2.05, 4.69) is 0 Å². The first kappa shape index (κ1) is 15.9. The third kappa shape index (κ3) is 4.27. The van der Waals surface area contributed by atoms with Crippen molar-refractivity contribution in [1.82, 2.24) is 5.06 Å². The van der Waals surface area contributed by atoms with Gasteiger partial charge in [-0.25, -0.2) is 5.06 Å². The maximum absolute atomic E-state index is 12.6. The summed E-state index contributed by atoms with van der Waals surface area (Å²) in [5.74, 6) is 0.0560. The van der Waals surface area contributed by atoms with E-state index in [0.717, 1.165) is 18.4 Å². The van der Waals surface area contributed by atoms with E-state index in [1.807, 2.05) is 30.3 Å². The van der Waals surface area contributed by atoms with Gasteiger partial charge in [0.2, 0.25) is 0 Å². The van der Waals surface area contributed by atoms with Crippen molar-refractivity contribution in [2.45, 2.75) is 25.5 Å². The molecule has 21 heavy (non-hydrogen) atoms. The molecule has 0 radical (unpaired) electrons. The van der Waals surface area contributed by atoms with Crippen LogP contribution in [0.3, 0.4) is 0 Å². The van der Waals surface area contributed by atoms with Crippen LogP contribution in [0.2, 0.25) is 0 Å². The Hall–Kier alpha value is -1.43. The Morgan fingerprint density at radius 3 is 2.52 bits per heavy atom. The van der Waals surface area contributed by atoms with Gasteiger partial charge in [0.1, 0.15) is 6.10 Å². The quantitative estimate of drug-likeness (QED) is 0.753. The molecule has 5 nitrogen and oxygen atoms in total. The van der Waals surface area contributed by atoms with Gasteiger partial charge in [0.25, 0.3) is 5.91 Å². The molecule has 1 aromatic carbocycles. The van der Waals surface area contributed by atoms with Gasteiger partial charge in [-0.2, -0.15) is 0 Å². The molecule has 2 rings (SSSR count). The first-order chi connectivity index (χ1) is 10.3. The average molecular weight is 293 g/mol. The number of methoxy groups -OCH3 is 1. The zero-order chi connectivity index (χ0) is 15.1. The Kier molecular flexibility index (Phi) is 6.17. The van der Waals surface area contributed by atoms with Gasteiger partial charge in [-0.15, -0.1) is 0 Å². The van der Waals surface area contributed by atoms with E-state index in [1.165, 1.54) is 12.2 Å². The fourth-order valence-electron chi connectivity index (χ4n) is 2.64. The first-order valence-electron chi connectivity index (χ1n) is 7.26. The Balaban J connectivity index is 2.03. The van der Waals surface area contributed by atoms with Crippen LogP contribution < -0.4 is 0 Å². The summed E-state index contributed by atoms with van der Waals surface area (Å²) < 4.78 is 10.8. The minimum Gasteiger partial charge on any atom is -0.381 e. The molecule has 116 valence electrons. The number of rotatable bonds is 6. The van der Waals surface area contributed by atoms with E-state index in [-0.39, 0.29) is 11.8 Å². The van der Waals surface area contributed by atoms with E-state index < -0.39 is 6.10 Å². The second-order valence-corrected chi connectivity index (χ2v) is 5.15. The number of ether oxygens (including phenoxy) is 2. The Labute approximate surface area is 125 Å². The summed E-state index contributed by atoms with van der Waals surface area (Å²) in [4.78, 5) is 17.9. The molecule has 1 aliphatic rings. The fourth-order valence-corrected chi connectivity index (χ4v) is 2.64. The summed E-state index contributed by atoms with van der Waals surface area (Å²) in [6.45, 7) is 1.78. The second kappa shape index (κ2) is 8.12. The predicted molar refractivity (Wildman–Crippen MR) is 78.3 cm³/mol. The molecule has 0 N–H and O–H groups in total. The molecule has 1 aromatic rings. The number of hydroxylamine groups is 2. The molecule has 1 amide bonds. The van der Waals surface area contributed by atoms with Crippen LogP contribution >= 0.6 is 0 Å². The monoisotopic (exact) mass is 293 g/mol. The molecule has 1 saturated heterocycles. The van der Waals surface area contributed by atoms with Crippen molar-refractivity contribution in [3.63, 3.8) is 0 Å². The number of carbonyl (C=O) groups is 1. The summed E-state index contributed by atoms with van der Waals surface area (Å²) in [6, 6.07) is 9.77. The summed E-state index contributed by atoms with van der Waals surface area (Å²) >= 11 is 0. The lowest BCUT2D eigenvalue weighted by Crippen LogP contribution is -2.44. The van der Waals surface area contributed by atoms with Gasteiger partial charge in [-0.3, -0.25) is 9.63 Å². The molecule has 0 aliphatic carbocycles. The fraction of sp³-hybridized carbons (Fsp3) is 0.562. The third-order valence-electron chi connectivity index (χ3n) is 3.83. The topological polar surface area (TPSA) is 48.0 Å². The molecule has 0 spiro atoms. The van der Waals surface area contributed by atoms with Crippen molar-refractivity contribution in [3.05, 3.63) is 35.9 Å². The lowest BCUT2D eigenvalue weighted by Gasteiger charge is -2.31. The van der Waals surface area contributed by atoms with Gasteiger partial charge in [-0.1, -0.05) is 30.3 Å². The lowest BCUT2D eigenvalue weighted by molar-refractivity contribution is -0.194. The van der Waals surface area contributed by atoms with E-state index in [9.17, 15) is 4.79 Å². The highest BCUT2D eigenvalue weighted by molar-refractivity contribution is 5.80. The van der Waals surface area contributed by atoms with Gasteiger partial charge in [-0.05, 0) is 24.3 Å². The van der Waals surface area contributed by atoms with Crippen molar-refractivity contribution in [3.8, 4) is 0 Å². The average Bonchev–Trinajstić information content (AvgIpc) is 2.55. The Bertz CT molecular complexity index is 431. The van der Waals surface area contributed by atoms with Crippen LogP contribution in [0.15, 0.2) is 30.3 Å². The second-order valence-electron chi connectivity index (χ2n) is 5.15. The number of amides is 1. The highest BCUT2D eigenvalue weighted by atomic mass is 16.7. The standard InChI is InChI=1S/C16H23NO4/c1-19-15(14-8-10-21-11-9-14)16(18)17(20-2)12-13-6-4-3-5-7-13/h3-7,14-15H,8-12H2,1-2H3. The molecule has 1 fully saturated rings. The summed E-state index contributed by atoms with van der Waals surface area (Å²) in [7, 11) is 3.09. The normalized spacial score (nSPS) is 17.4.